The van der Waals surface area contributed by atoms with Crippen LogP contribution in [0.25, 0.3) is 5.69 Å². The van der Waals surface area contributed by atoms with Gasteiger partial charge in [-0.05, 0) is 61.7 Å². The molecule has 0 unspecified atom stereocenters. The number of anilines is 1. The zero-order valence-corrected chi connectivity index (χ0v) is 18.1. The normalized spacial score (nSPS) is 14.2. The minimum Gasteiger partial charge on any atom is -0.451 e. The molecule has 3 aromatic rings. The summed E-state index contributed by atoms with van der Waals surface area (Å²) in [5.41, 5.74) is 3.16. The number of nitrogens with one attached hydrogen (secondary N) is 1. The lowest BCUT2D eigenvalue weighted by atomic mass is 10.1. The zero-order valence-electron chi connectivity index (χ0n) is 18.1. The molecule has 2 aliphatic rings. The first-order valence-electron chi connectivity index (χ1n) is 10.6. The van der Waals surface area contributed by atoms with Gasteiger partial charge in [-0.1, -0.05) is 0 Å². The van der Waals surface area contributed by atoms with E-state index in [1.54, 1.807) is 16.8 Å². The van der Waals surface area contributed by atoms with E-state index in [2.05, 4.69) is 10.4 Å². The molecule has 1 aromatic heterocycles. The molecule has 0 spiro atoms. The Hall–Kier alpha value is -4.34. The number of fused-ring (bicyclic) bond motifs is 2. The van der Waals surface area contributed by atoms with Crippen LogP contribution in [0.3, 0.4) is 0 Å². The van der Waals surface area contributed by atoms with Crippen molar-refractivity contribution >= 4 is 29.4 Å². The number of aromatic nitrogens is 2. The van der Waals surface area contributed by atoms with Crippen molar-refractivity contribution in [2.24, 2.45) is 0 Å². The van der Waals surface area contributed by atoms with Gasteiger partial charge in [0.2, 0.25) is 0 Å². The van der Waals surface area contributed by atoms with Gasteiger partial charge in [0.1, 0.15) is 5.82 Å². The van der Waals surface area contributed by atoms with E-state index in [4.69, 9.17) is 4.74 Å². The lowest BCUT2D eigenvalue weighted by Crippen LogP contribution is -2.24. The summed E-state index contributed by atoms with van der Waals surface area (Å²) < 4.78 is 20.1. The van der Waals surface area contributed by atoms with E-state index in [9.17, 15) is 23.6 Å². The number of carbonyl (C=O) groups excluding carboxylic acids is 4. The molecule has 1 aliphatic heterocycles. The number of hydrogen-bond acceptors (Lipinski definition) is 6. The summed E-state index contributed by atoms with van der Waals surface area (Å²) in [7, 11) is 1.39. The molecular weight excluding hydrogens is 443 g/mol. The summed E-state index contributed by atoms with van der Waals surface area (Å²) >= 11 is 0. The van der Waals surface area contributed by atoms with E-state index >= 15 is 0 Å². The third-order valence-electron chi connectivity index (χ3n) is 5.90. The van der Waals surface area contributed by atoms with E-state index < -0.39 is 30.3 Å². The minimum atomic E-state index is -0.731. The van der Waals surface area contributed by atoms with Crippen LogP contribution in [-0.2, 0) is 22.4 Å². The van der Waals surface area contributed by atoms with Crippen LogP contribution in [0.5, 0.6) is 0 Å². The number of imide groups is 1. The maximum Gasteiger partial charge on any atom is 0.359 e. The van der Waals surface area contributed by atoms with Crippen LogP contribution >= 0.6 is 0 Å². The van der Waals surface area contributed by atoms with Gasteiger partial charge < -0.3 is 10.1 Å². The molecule has 0 bridgehead atoms. The number of nitrogens with zero attached hydrogens (tertiary/aromatic N) is 3. The fraction of sp³-hybridized carbons (Fsp3) is 0.208. The number of hydrogen-bond donors (Lipinski definition) is 1. The fourth-order valence-corrected chi connectivity index (χ4v) is 4.23. The number of carbonyl (C=O) groups is 4. The second kappa shape index (κ2) is 8.22. The van der Waals surface area contributed by atoms with Crippen LogP contribution < -0.4 is 5.32 Å². The Morgan fingerprint density at radius 1 is 1.06 bits per heavy atom. The number of rotatable bonds is 5. The van der Waals surface area contributed by atoms with E-state index in [1.165, 1.54) is 37.4 Å². The summed E-state index contributed by atoms with van der Waals surface area (Å²) in [5.74, 6) is -2.56. The van der Waals surface area contributed by atoms with Gasteiger partial charge in [0.05, 0.1) is 16.8 Å². The Morgan fingerprint density at radius 2 is 1.79 bits per heavy atom. The summed E-state index contributed by atoms with van der Waals surface area (Å²) in [6.07, 6.45) is 2.23. The predicted molar refractivity (Wildman–Crippen MR) is 117 cm³/mol. The summed E-state index contributed by atoms with van der Waals surface area (Å²) in [6.45, 7) is -0.555. The summed E-state index contributed by atoms with van der Waals surface area (Å²) in [4.78, 5) is 50.1. The Labute approximate surface area is 193 Å². The van der Waals surface area contributed by atoms with Crippen molar-refractivity contribution in [3.8, 4) is 5.69 Å². The quantitative estimate of drug-likeness (QED) is 0.461. The van der Waals surface area contributed by atoms with Gasteiger partial charge in [-0.2, -0.15) is 5.10 Å². The first kappa shape index (κ1) is 21.5. The molecule has 0 atom stereocenters. The number of esters is 1. The largest absolute Gasteiger partial charge is 0.451 e. The topological polar surface area (TPSA) is 111 Å². The Kier molecular flexibility index (Phi) is 5.20. The molecule has 1 aliphatic carbocycles. The number of ether oxygens (including phenoxy) is 1. The van der Waals surface area contributed by atoms with E-state index in [1.807, 2.05) is 0 Å². The molecule has 0 fully saturated rings. The van der Waals surface area contributed by atoms with Gasteiger partial charge in [0, 0.05) is 24.0 Å². The lowest BCUT2D eigenvalue weighted by molar-refractivity contribution is -0.119. The number of amides is 3. The Balaban J connectivity index is 1.27. The highest BCUT2D eigenvalue weighted by molar-refractivity contribution is 6.21. The average molecular weight is 462 g/mol. The van der Waals surface area contributed by atoms with Crippen LogP contribution in [0.2, 0.25) is 0 Å². The fourth-order valence-electron chi connectivity index (χ4n) is 4.23. The molecule has 10 heteroatoms. The molecule has 0 saturated carbocycles. The predicted octanol–water partition coefficient (Wildman–Crippen LogP) is 2.52. The van der Waals surface area contributed by atoms with Gasteiger partial charge in [-0.3, -0.25) is 19.3 Å². The molecule has 0 saturated heterocycles. The van der Waals surface area contributed by atoms with Crippen molar-refractivity contribution in [1.29, 1.82) is 0 Å². The molecule has 5 rings (SSSR count). The third kappa shape index (κ3) is 3.62. The molecule has 172 valence electrons. The van der Waals surface area contributed by atoms with Crippen molar-refractivity contribution in [3.63, 3.8) is 0 Å². The van der Waals surface area contributed by atoms with Gasteiger partial charge in [-0.25, -0.2) is 13.9 Å². The second-order valence-electron chi connectivity index (χ2n) is 8.07. The molecule has 2 aromatic carbocycles. The highest BCUT2D eigenvalue weighted by Crippen LogP contribution is 2.28. The van der Waals surface area contributed by atoms with Crippen LogP contribution in [0.15, 0.2) is 42.5 Å². The van der Waals surface area contributed by atoms with Gasteiger partial charge in [0.15, 0.2) is 12.3 Å². The molecule has 2 heterocycles. The maximum atomic E-state index is 13.3. The Bertz CT molecular complexity index is 1360. The van der Waals surface area contributed by atoms with E-state index in [0.717, 1.165) is 29.0 Å². The standard InChI is InChI=1S/C24H19FN4O5/c1-28-22(31)16-10-7-14(11-18(16)23(28)32)26-20(30)12-34-24(33)21-17-3-2-4-19(17)29(27-21)15-8-5-13(25)6-9-15/h5-11H,2-4,12H2,1H3,(H,26,30). The Morgan fingerprint density at radius 3 is 2.56 bits per heavy atom. The van der Waals surface area contributed by atoms with Crippen molar-refractivity contribution in [2.75, 3.05) is 19.0 Å². The third-order valence-corrected chi connectivity index (χ3v) is 5.90. The number of halogens is 1. The molecule has 0 radical (unpaired) electrons. The van der Waals surface area contributed by atoms with E-state index in [-0.39, 0.29) is 22.6 Å². The van der Waals surface area contributed by atoms with Gasteiger partial charge in [0.25, 0.3) is 17.7 Å². The SMILES string of the molecule is CN1C(=O)c2ccc(NC(=O)COC(=O)c3nn(-c4ccc(F)cc4)c4c3CCC4)cc2C1=O. The van der Waals surface area contributed by atoms with Crippen molar-refractivity contribution in [1.82, 2.24) is 14.7 Å². The van der Waals surface area contributed by atoms with Crippen molar-refractivity contribution in [2.45, 2.75) is 19.3 Å². The van der Waals surface area contributed by atoms with Gasteiger partial charge >= 0.3 is 5.97 Å². The average Bonchev–Trinajstić information content (AvgIpc) is 3.49. The molecule has 1 N–H and O–H groups in total. The molecular formula is C24H19FN4O5. The smallest absolute Gasteiger partial charge is 0.359 e. The lowest BCUT2D eigenvalue weighted by Gasteiger charge is -2.07. The molecule has 34 heavy (non-hydrogen) atoms. The molecule has 9 nitrogen and oxygen atoms in total. The van der Waals surface area contributed by atoms with Crippen molar-refractivity contribution in [3.05, 3.63) is 76.4 Å². The molecule has 3 amide bonds. The van der Waals surface area contributed by atoms with Crippen molar-refractivity contribution < 1.29 is 28.3 Å². The highest BCUT2D eigenvalue weighted by atomic mass is 19.1. The van der Waals surface area contributed by atoms with Crippen LogP contribution in [0.1, 0.15) is 48.9 Å². The summed E-state index contributed by atoms with van der Waals surface area (Å²) in [5, 5.41) is 6.93. The maximum absolute atomic E-state index is 13.3. The second-order valence-corrected chi connectivity index (χ2v) is 8.07. The first-order valence-corrected chi connectivity index (χ1v) is 10.6. The number of benzene rings is 2. The van der Waals surface area contributed by atoms with Crippen LogP contribution in [-0.4, -0.2) is 52.0 Å². The van der Waals surface area contributed by atoms with Crippen LogP contribution in [0, 0.1) is 5.82 Å². The van der Waals surface area contributed by atoms with Gasteiger partial charge in [-0.15, -0.1) is 0 Å². The zero-order chi connectivity index (χ0) is 24.0. The highest BCUT2D eigenvalue weighted by Gasteiger charge is 2.33. The van der Waals surface area contributed by atoms with Crippen LogP contribution in [0.4, 0.5) is 10.1 Å². The minimum absolute atomic E-state index is 0.134. The first-order chi connectivity index (χ1) is 16.3. The van der Waals surface area contributed by atoms with E-state index in [0.29, 0.717) is 17.8 Å². The monoisotopic (exact) mass is 462 g/mol. The summed E-state index contributed by atoms with van der Waals surface area (Å²) in [6, 6.07) is 10.2.